The molecule has 3 aliphatic rings. The molecule has 3 unspecified atom stereocenters. The molecule has 15 heterocycles. The number of benzene rings is 3. The molecule has 0 aliphatic carbocycles. The summed E-state index contributed by atoms with van der Waals surface area (Å²) in [4.78, 5) is 95.3. The van der Waals surface area contributed by atoms with E-state index in [-0.39, 0.29) is 60.0 Å². The molecule has 0 spiro atoms. The molecule has 15 aromatic rings. The Morgan fingerprint density at radius 3 is 1.06 bits per heavy atom. The fraction of sp³-hybridized carbons (Fsp3) is 0.354. The minimum atomic E-state index is -1.50. The van der Waals surface area contributed by atoms with Gasteiger partial charge < -0.3 is 76.5 Å². The van der Waals surface area contributed by atoms with E-state index in [1.807, 2.05) is 115 Å². The Kier molecular flexibility index (Phi) is 22.1. The average Bonchev–Trinajstić information content (AvgIpc) is 1.57. The topological polar surface area (TPSA) is 493 Å². The van der Waals surface area contributed by atoms with E-state index in [0.29, 0.717) is 116 Å². The monoisotopic (exact) mass is 1630 g/mol. The highest BCUT2D eigenvalue weighted by Gasteiger charge is 2.45. The van der Waals surface area contributed by atoms with Crippen molar-refractivity contribution in [3.05, 3.63) is 181 Å². The predicted molar refractivity (Wildman–Crippen MR) is 442 cm³/mol. The van der Waals surface area contributed by atoms with Crippen LogP contribution in [0.2, 0.25) is 0 Å². The number of carboxylic acids is 1. The fourth-order valence-corrected chi connectivity index (χ4v) is 14.6. The van der Waals surface area contributed by atoms with E-state index < -0.39 is 33.8 Å². The van der Waals surface area contributed by atoms with Crippen LogP contribution in [0.3, 0.4) is 0 Å². The highest BCUT2D eigenvalue weighted by molar-refractivity contribution is 5.97. The number of furan rings is 3. The number of rotatable bonds is 14. The van der Waals surface area contributed by atoms with Crippen LogP contribution in [0.1, 0.15) is 118 Å². The van der Waals surface area contributed by atoms with Crippen LogP contribution < -0.4 is 38.9 Å². The summed E-state index contributed by atoms with van der Waals surface area (Å²) in [5.41, 5.74) is 24.1. The number of aromatic nitrogens is 18. The molecule has 3 fully saturated rings. The molecule has 12 N–H and O–H groups in total. The lowest BCUT2D eigenvalue weighted by molar-refractivity contribution is -0.144. The fourth-order valence-electron chi connectivity index (χ4n) is 14.6. The molecule has 18 rings (SSSR count). The van der Waals surface area contributed by atoms with Crippen molar-refractivity contribution in [1.29, 1.82) is 0 Å². The molecule has 12 aromatic heterocycles. The lowest BCUT2D eigenvalue weighted by atomic mass is 9.90. The van der Waals surface area contributed by atoms with Gasteiger partial charge in [-0.25, -0.2) is 43.4 Å². The number of fused-ring (bicyclic) bond motifs is 9. The number of nitrogens with two attached hydrogens (primary N) is 4. The number of carboxylic acid groups (broad SMARTS) is 1. The molecule has 0 radical (unpaired) electrons. The zero-order chi connectivity index (χ0) is 84.6. The zero-order valence-electron chi connectivity index (χ0n) is 67.6. The summed E-state index contributed by atoms with van der Waals surface area (Å²) in [7, 11) is 0. The third-order valence-corrected chi connectivity index (χ3v) is 21.2. The summed E-state index contributed by atoms with van der Waals surface area (Å²) >= 11 is 0. The van der Waals surface area contributed by atoms with Crippen LogP contribution in [0.25, 0.3) is 84.8 Å². The van der Waals surface area contributed by atoms with Crippen molar-refractivity contribution in [2.24, 2.45) is 5.73 Å². The first-order valence-corrected chi connectivity index (χ1v) is 39.3. The maximum absolute atomic E-state index is 14.2. The molecule has 120 heavy (non-hydrogen) atoms. The van der Waals surface area contributed by atoms with Gasteiger partial charge in [0.25, 0.3) is 11.8 Å². The second-order valence-corrected chi connectivity index (χ2v) is 31.9. The Morgan fingerprint density at radius 1 is 0.425 bits per heavy atom. The van der Waals surface area contributed by atoms with Gasteiger partial charge in [0.1, 0.15) is 11.2 Å². The number of likely N-dealkylation sites (tertiary alicyclic amines) is 2. The van der Waals surface area contributed by atoms with Crippen molar-refractivity contribution < 1.29 is 51.8 Å². The number of ether oxygens (including phenoxy) is 2. The van der Waals surface area contributed by atoms with E-state index in [9.17, 15) is 29.1 Å². The quantitative estimate of drug-likeness (QED) is 0.0503. The lowest BCUT2D eigenvalue weighted by Gasteiger charge is -2.36. The number of nitrogens with zero attached hydrogens (tertiary/aromatic N) is 20. The van der Waals surface area contributed by atoms with E-state index in [1.54, 1.807) is 119 Å². The Morgan fingerprint density at radius 2 is 0.742 bits per heavy atom. The van der Waals surface area contributed by atoms with Crippen LogP contribution in [0.15, 0.2) is 178 Å². The van der Waals surface area contributed by atoms with Crippen molar-refractivity contribution in [1.82, 2.24) is 114 Å². The number of aliphatic carboxylic acids is 1. The van der Waals surface area contributed by atoms with E-state index in [0.717, 1.165) is 63.0 Å². The van der Waals surface area contributed by atoms with Crippen molar-refractivity contribution >= 4 is 97.9 Å². The van der Waals surface area contributed by atoms with Gasteiger partial charge in [0, 0.05) is 44.3 Å². The summed E-state index contributed by atoms with van der Waals surface area (Å²) in [5.74, 6) is 1.37. The molecule has 3 saturated heterocycles. The predicted octanol–water partition coefficient (Wildman–Crippen LogP) is 9.05. The van der Waals surface area contributed by atoms with Gasteiger partial charge >= 0.3 is 18.2 Å². The van der Waals surface area contributed by atoms with Crippen LogP contribution in [-0.4, -0.2) is 202 Å². The molecular weight excluding hydrogens is 1540 g/mol. The Labute approximate surface area is 685 Å². The van der Waals surface area contributed by atoms with Gasteiger partial charge in [0.2, 0.25) is 35.3 Å². The molecule has 0 bridgehead atoms. The summed E-state index contributed by atoms with van der Waals surface area (Å²) in [6.07, 6.45) is 13.5. The Hall–Kier alpha value is -14.2. The standard InChI is InChI=1S/C29H33N9O4.C24H25N9O2.C19H15N7O3.C10H20N2O2/c1-28(2,3)42-27(40)36-14-12-19(13-15-36)32-25(39)29(4,18-9-6-5-7-10-18)38-24-20(17-31-38)23-33-22(21-11-8-16-41-21)35-37(23)26(30)34-24;1-24(15-6-3-2-4-7-15,22(34)28-16-9-11-26-12-10-16)33-21-17(14-27-33)20-29-19(18-8-5-13-35-18)31-32(20)23(25)30-21;1-19(17(27)28,11-6-3-2-4-7-11)26-16-12(10-21-26)15-22-14(13-8-5-9-29-13)24-25(15)18(20)23-16;1-10(2,3)14-9(13)12-6-4-8(11)5-7-12/h5-11,16-17,19H,12-15H2,1-4H3,(H2,30,34)(H,32,39);2-8,13-14,16,26H,9-12H2,1H3,(H2,25,30)(H,28,34);2-10H,1H3,(H2,20,23)(H,27,28);8H,4-7,11H2,1-3H3. The number of nitrogens with one attached hydrogen (secondary N) is 3. The maximum Gasteiger partial charge on any atom is 0.410 e. The molecule has 4 amide bonds. The molecule has 38 nitrogen and oxygen atoms in total. The second-order valence-electron chi connectivity index (χ2n) is 31.9. The first kappa shape index (κ1) is 81.0. The number of carbonyl (C=O) groups excluding carboxylic acids is 4. The lowest BCUT2D eigenvalue weighted by Crippen LogP contribution is -2.54. The van der Waals surface area contributed by atoms with E-state index in [4.69, 9.17) is 45.7 Å². The first-order chi connectivity index (χ1) is 57.5. The van der Waals surface area contributed by atoms with Gasteiger partial charge in [-0.3, -0.25) is 9.59 Å². The summed E-state index contributed by atoms with van der Waals surface area (Å²) < 4.78 is 35.9. The average molecular weight is 1630 g/mol. The largest absolute Gasteiger partial charge is 0.479 e. The summed E-state index contributed by atoms with van der Waals surface area (Å²) in [5, 5.41) is 48.5. The van der Waals surface area contributed by atoms with Crippen LogP contribution in [0.5, 0.6) is 0 Å². The molecular formula is C82H93N27O11. The second kappa shape index (κ2) is 32.7. The zero-order valence-corrected chi connectivity index (χ0v) is 67.6. The number of carbonyl (C=O) groups is 5. The molecule has 3 atom stereocenters. The molecule has 3 aromatic carbocycles. The third kappa shape index (κ3) is 16.0. The SMILES string of the molecule is CC(C(=O)NC1CCNCC1)(c1ccccc1)n1ncc2c1nc(N)n1nc(-c3ccco3)nc21.CC(C(=O)O)(c1ccccc1)n1ncc2c1nc(N)n1nc(-c3ccco3)nc21.CC(C)(C)OC(=O)N1CCC(N)CC1.CC(C)(C)OC(=O)N1CCC(NC(=O)C(C)(c2ccccc2)n2ncc3c2nc(N)n2nc(-c4ccco4)nc32)CC1. The molecule has 622 valence electrons. The highest BCUT2D eigenvalue weighted by Crippen LogP contribution is 2.37. The molecule has 38 heteroatoms. The van der Waals surface area contributed by atoms with Gasteiger partial charge in [-0.15, -0.1) is 15.3 Å². The van der Waals surface area contributed by atoms with Gasteiger partial charge in [-0.2, -0.15) is 43.8 Å². The summed E-state index contributed by atoms with van der Waals surface area (Å²) in [6, 6.07) is 38.5. The van der Waals surface area contributed by atoms with Gasteiger partial charge in [-0.05, 0) is 167 Å². The van der Waals surface area contributed by atoms with Crippen molar-refractivity contribution in [2.75, 3.05) is 56.5 Å². The Balaban J connectivity index is 0.000000131. The summed E-state index contributed by atoms with van der Waals surface area (Å²) in [6.45, 7) is 20.5. The van der Waals surface area contributed by atoms with Crippen molar-refractivity contribution in [2.45, 2.75) is 147 Å². The van der Waals surface area contributed by atoms with Crippen LogP contribution >= 0.6 is 0 Å². The van der Waals surface area contributed by atoms with Crippen LogP contribution in [-0.2, 0) is 40.5 Å². The van der Waals surface area contributed by atoms with E-state index >= 15 is 0 Å². The number of hydrogen-bond donors (Lipinski definition) is 8. The third-order valence-electron chi connectivity index (χ3n) is 21.2. The maximum atomic E-state index is 14.2. The number of piperidine rings is 3. The van der Waals surface area contributed by atoms with Crippen LogP contribution in [0, 0.1) is 0 Å². The molecule has 3 aliphatic heterocycles. The number of hydrogen-bond acceptors (Lipinski definition) is 27. The number of nitrogen functional groups attached to an aromatic ring is 3. The van der Waals surface area contributed by atoms with Crippen molar-refractivity contribution in [3.63, 3.8) is 0 Å². The van der Waals surface area contributed by atoms with E-state index in [1.165, 1.54) is 30.7 Å². The first-order valence-electron chi connectivity index (χ1n) is 39.3. The molecule has 0 saturated carbocycles. The van der Waals surface area contributed by atoms with Crippen molar-refractivity contribution in [3.8, 4) is 34.8 Å². The highest BCUT2D eigenvalue weighted by atomic mass is 16.6. The minimum absolute atomic E-state index is 0.0559. The van der Waals surface area contributed by atoms with Gasteiger partial charge in [-0.1, -0.05) is 91.0 Å². The van der Waals surface area contributed by atoms with Crippen LogP contribution in [0.4, 0.5) is 27.4 Å². The Bertz CT molecular complexity index is 6170. The smallest absolute Gasteiger partial charge is 0.410 e. The minimum Gasteiger partial charge on any atom is -0.479 e. The van der Waals surface area contributed by atoms with Gasteiger partial charge in [0.15, 0.2) is 67.8 Å². The number of amides is 4. The normalized spacial score (nSPS) is 16.0. The van der Waals surface area contributed by atoms with E-state index in [2.05, 4.69) is 76.4 Å². The number of anilines is 3. The van der Waals surface area contributed by atoms with Gasteiger partial charge in [0.05, 0.1) is 53.5 Å².